The van der Waals surface area contributed by atoms with Gasteiger partial charge in [0.05, 0.1) is 32.1 Å². The molecule has 0 bridgehead atoms. The Morgan fingerprint density at radius 3 is 2.45 bits per heavy atom. The second-order valence-electron chi connectivity index (χ2n) is 9.12. The number of sulfone groups is 1. The van der Waals surface area contributed by atoms with Gasteiger partial charge in [-0.05, 0) is 42.3 Å². The van der Waals surface area contributed by atoms with E-state index >= 15 is 0 Å². The fourth-order valence-electron chi connectivity index (χ4n) is 4.19. The van der Waals surface area contributed by atoms with Crippen LogP contribution < -0.4 is 24.2 Å². The highest BCUT2D eigenvalue weighted by Gasteiger charge is 2.31. The van der Waals surface area contributed by atoms with Crippen LogP contribution in [0, 0.1) is 0 Å². The van der Waals surface area contributed by atoms with Crippen molar-refractivity contribution in [3.63, 3.8) is 0 Å². The van der Waals surface area contributed by atoms with Gasteiger partial charge < -0.3 is 19.5 Å². The second kappa shape index (κ2) is 12.5. The highest BCUT2D eigenvalue weighted by atomic mass is 35.5. The molecule has 0 spiro atoms. The SMILES string of the molecule is COc1ccc(CNS(=O)(=O)c2cc(NC(=O)Cc3ccccc3Cl)ccc2O[C@H]2CCS(=O)(=O)C2)c(OC)c1. The van der Waals surface area contributed by atoms with E-state index in [0.29, 0.717) is 27.6 Å². The van der Waals surface area contributed by atoms with Gasteiger partial charge in [-0.15, -0.1) is 0 Å². The molecule has 10 nitrogen and oxygen atoms in total. The number of hydrogen-bond donors (Lipinski definition) is 2. The molecule has 2 N–H and O–H groups in total. The molecule has 0 aromatic heterocycles. The van der Waals surface area contributed by atoms with Gasteiger partial charge in [-0.25, -0.2) is 21.6 Å². The Bertz CT molecular complexity index is 1610. The summed E-state index contributed by atoms with van der Waals surface area (Å²) in [7, 11) is -4.50. The summed E-state index contributed by atoms with van der Waals surface area (Å²) in [5.41, 5.74) is 1.39. The number of hydrogen-bond acceptors (Lipinski definition) is 8. The van der Waals surface area contributed by atoms with Crippen LogP contribution in [0.3, 0.4) is 0 Å². The number of ether oxygens (including phenoxy) is 3. The standard InChI is InChI=1S/C27H29ClN2O8S2/c1-36-21-9-7-19(25(15-21)37-2)16-29-40(34,35)26-14-20(30-27(31)13-18-5-3-4-6-23(18)28)8-10-24(26)38-22-11-12-39(32,33)17-22/h3-10,14-15,22,29H,11-13,16-17H2,1-2H3,(H,30,31)/t22-/m0/s1. The fraction of sp³-hybridized carbons (Fsp3) is 0.296. The molecule has 40 heavy (non-hydrogen) atoms. The summed E-state index contributed by atoms with van der Waals surface area (Å²) in [6.07, 6.45) is -0.467. The molecule has 1 heterocycles. The lowest BCUT2D eigenvalue weighted by Gasteiger charge is -2.18. The number of halogens is 1. The molecule has 4 rings (SSSR count). The monoisotopic (exact) mass is 608 g/mol. The van der Waals surface area contributed by atoms with Crippen molar-refractivity contribution in [3.05, 3.63) is 76.8 Å². The van der Waals surface area contributed by atoms with Crippen LogP contribution in [0.1, 0.15) is 17.5 Å². The molecule has 3 aromatic carbocycles. The summed E-state index contributed by atoms with van der Waals surface area (Å²) >= 11 is 6.16. The lowest BCUT2D eigenvalue weighted by atomic mass is 10.1. The van der Waals surface area contributed by atoms with Crippen molar-refractivity contribution in [2.75, 3.05) is 31.0 Å². The van der Waals surface area contributed by atoms with Gasteiger partial charge in [0.25, 0.3) is 0 Å². The van der Waals surface area contributed by atoms with Crippen LogP contribution in [0.5, 0.6) is 17.2 Å². The highest BCUT2D eigenvalue weighted by molar-refractivity contribution is 7.91. The van der Waals surface area contributed by atoms with E-state index in [2.05, 4.69) is 10.0 Å². The predicted molar refractivity (Wildman–Crippen MR) is 151 cm³/mol. The summed E-state index contributed by atoms with van der Waals surface area (Å²) in [4.78, 5) is 12.5. The molecule has 1 atom stereocenters. The summed E-state index contributed by atoms with van der Waals surface area (Å²) in [5, 5.41) is 3.13. The smallest absolute Gasteiger partial charge is 0.244 e. The molecule has 13 heteroatoms. The van der Waals surface area contributed by atoms with E-state index in [1.165, 1.54) is 32.4 Å². The van der Waals surface area contributed by atoms with Gasteiger partial charge in [-0.3, -0.25) is 4.79 Å². The number of anilines is 1. The predicted octanol–water partition coefficient (Wildman–Crippen LogP) is 3.58. The first kappa shape index (κ1) is 29.7. The van der Waals surface area contributed by atoms with Crippen molar-refractivity contribution in [2.45, 2.75) is 30.4 Å². The minimum Gasteiger partial charge on any atom is -0.497 e. The molecule has 0 unspecified atom stereocenters. The molecule has 3 aromatic rings. The van der Waals surface area contributed by atoms with E-state index in [4.69, 9.17) is 25.8 Å². The first-order chi connectivity index (χ1) is 19.0. The van der Waals surface area contributed by atoms with Crippen LogP contribution in [0.4, 0.5) is 5.69 Å². The van der Waals surface area contributed by atoms with Crippen molar-refractivity contribution >= 4 is 43.1 Å². The second-order valence-corrected chi connectivity index (χ2v) is 13.5. The molecule has 214 valence electrons. The summed E-state index contributed by atoms with van der Waals surface area (Å²) in [6.45, 7) is -0.115. The minimum absolute atomic E-state index is 0.0184. The highest BCUT2D eigenvalue weighted by Crippen LogP contribution is 2.31. The van der Waals surface area contributed by atoms with Crippen LogP contribution in [-0.2, 0) is 37.6 Å². The molecule has 1 aliphatic heterocycles. The van der Waals surface area contributed by atoms with E-state index in [-0.39, 0.29) is 47.2 Å². The average Bonchev–Trinajstić information content (AvgIpc) is 3.27. The van der Waals surface area contributed by atoms with Gasteiger partial charge in [0.1, 0.15) is 28.2 Å². The number of nitrogens with one attached hydrogen (secondary N) is 2. The summed E-state index contributed by atoms with van der Waals surface area (Å²) in [6, 6.07) is 16.1. The number of carbonyl (C=O) groups excluding carboxylic acids is 1. The van der Waals surface area contributed by atoms with Gasteiger partial charge in [0, 0.05) is 28.9 Å². The molecule has 1 aliphatic rings. The lowest BCUT2D eigenvalue weighted by Crippen LogP contribution is -2.26. The lowest BCUT2D eigenvalue weighted by molar-refractivity contribution is -0.115. The molecular formula is C27H29ClN2O8S2. The fourth-order valence-corrected chi connectivity index (χ4v) is 7.15. The molecule has 1 amide bonds. The number of amides is 1. The third-order valence-electron chi connectivity index (χ3n) is 6.26. The number of rotatable bonds is 11. The molecular weight excluding hydrogens is 580 g/mol. The van der Waals surface area contributed by atoms with Crippen molar-refractivity contribution < 1.29 is 35.8 Å². The van der Waals surface area contributed by atoms with Crippen molar-refractivity contribution in [1.82, 2.24) is 4.72 Å². The van der Waals surface area contributed by atoms with Gasteiger partial charge in [-0.1, -0.05) is 35.9 Å². The molecule has 0 aliphatic carbocycles. The Kier molecular flexibility index (Phi) is 9.24. The molecule has 1 saturated heterocycles. The average molecular weight is 609 g/mol. The Hall–Kier alpha value is -3.32. The Morgan fingerprint density at radius 1 is 1.00 bits per heavy atom. The summed E-state index contributed by atoms with van der Waals surface area (Å²) in [5.74, 6) is 0.301. The van der Waals surface area contributed by atoms with Gasteiger partial charge in [-0.2, -0.15) is 0 Å². The van der Waals surface area contributed by atoms with Crippen LogP contribution in [0.25, 0.3) is 0 Å². The van der Waals surface area contributed by atoms with E-state index < -0.39 is 31.9 Å². The molecule has 0 radical (unpaired) electrons. The number of carbonyl (C=O) groups is 1. The van der Waals surface area contributed by atoms with Crippen LogP contribution in [-0.4, -0.2) is 54.6 Å². The van der Waals surface area contributed by atoms with Crippen molar-refractivity contribution in [2.24, 2.45) is 0 Å². The van der Waals surface area contributed by atoms with E-state index in [0.717, 1.165) is 0 Å². The number of methoxy groups -OCH3 is 2. The van der Waals surface area contributed by atoms with E-state index in [1.54, 1.807) is 42.5 Å². The Morgan fingerprint density at radius 2 is 1.77 bits per heavy atom. The maximum absolute atomic E-state index is 13.5. The van der Waals surface area contributed by atoms with Crippen LogP contribution in [0.15, 0.2) is 65.6 Å². The zero-order chi connectivity index (χ0) is 28.9. The van der Waals surface area contributed by atoms with E-state index in [1.807, 2.05) is 0 Å². The van der Waals surface area contributed by atoms with Crippen LogP contribution in [0.2, 0.25) is 5.02 Å². The van der Waals surface area contributed by atoms with Gasteiger partial charge in [0.15, 0.2) is 9.84 Å². The first-order valence-corrected chi connectivity index (χ1v) is 15.9. The maximum atomic E-state index is 13.5. The number of sulfonamides is 1. The summed E-state index contributed by atoms with van der Waals surface area (Å²) < 4.78 is 69.9. The van der Waals surface area contributed by atoms with Crippen molar-refractivity contribution in [3.8, 4) is 17.2 Å². The first-order valence-electron chi connectivity index (χ1n) is 12.2. The van der Waals surface area contributed by atoms with Gasteiger partial charge in [0.2, 0.25) is 15.9 Å². The normalized spacial score (nSPS) is 16.3. The zero-order valence-electron chi connectivity index (χ0n) is 21.8. The van der Waals surface area contributed by atoms with Gasteiger partial charge >= 0.3 is 0 Å². The minimum atomic E-state index is -4.21. The Balaban J connectivity index is 1.60. The molecule has 1 fully saturated rings. The molecule has 0 saturated carbocycles. The quantitative estimate of drug-likeness (QED) is 0.337. The third kappa shape index (κ3) is 7.45. The maximum Gasteiger partial charge on any atom is 0.244 e. The number of benzene rings is 3. The van der Waals surface area contributed by atoms with Crippen LogP contribution >= 0.6 is 11.6 Å². The zero-order valence-corrected chi connectivity index (χ0v) is 24.2. The largest absolute Gasteiger partial charge is 0.497 e. The third-order valence-corrected chi connectivity index (χ3v) is 9.79. The Labute approximate surface area is 238 Å². The van der Waals surface area contributed by atoms with E-state index in [9.17, 15) is 21.6 Å². The van der Waals surface area contributed by atoms with Crippen molar-refractivity contribution in [1.29, 1.82) is 0 Å². The topological polar surface area (TPSA) is 137 Å².